The van der Waals surface area contributed by atoms with E-state index in [4.69, 9.17) is 9.52 Å². The van der Waals surface area contributed by atoms with E-state index in [9.17, 15) is 9.59 Å². The maximum Gasteiger partial charge on any atom is 0.323 e. The average molecular weight is 225 g/mol. The lowest BCUT2D eigenvalue weighted by Gasteiger charge is -2.18. The van der Waals surface area contributed by atoms with Gasteiger partial charge in [0.05, 0.1) is 12.5 Å². The second kappa shape index (κ2) is 5.95. The van der Waals surface area contributed by atoms with Gasteiger partial charge in [0, 0.05) is 13.0 Å². The minimum atomic E-state index is -0.987. The van der Waals surface area contributed by atoms with Crippen molar-refractivity contribution in [3.8, 4) is 0 Å². The van der Waals surface area contributed by atoms with E-state index in [0.717, 1.165) is 5.56 Å². The fraction of sp³-hybridized carbons (Fsp3) is 0.455. The highest BCUT2D eigenvalue weighted by atomic mass is 16.4. The van der Waals surface area contributed by atoms with E-state index in [2.05, 4.69) is 0 Å². The zero-order chi connectivity index (χ0) is 12.0. The summed E-state index contributed by atoms with van der Waals surface area (Å²) in [6.45, 7) is 1.94. The van der Waals surface area contributed by atoms with Gasteiger partial charge in [0.2, 0.25) is 5.91 Å². The molecule has 1 rings (SSSR count). The molecular formula is C11H15NO4. The van der Waals surface area contributed by atoms with Crippen molar-refractivity contribution in [2.24, 2.45) is 0 Å². The number of likely N-dealkylation sites (N-methyl/N-ethyl adjacent to an activating group) is 1. The van der Waals surface area contributed by atoms with Gasteiger partial charge in [-0.25, -0.2) is 0 Å². The first-order valence-corrected chi connectivity index (χ1v) is 5.14. The predicted octanol–water partition coefficient (Wildman–Crippen LogP) is 1.15. The van der Waals surface area contributed by atoms with Crippen LogP contribution in [0.3, 0.4) is 0 Å². The summed E-state index contributed by atoms with van der Waals surface area (Å²) >= 11 is 0. The Labute approximate surface area is 93.7 Å². The Kier molecular flexibility index (Phi) is 4.57. The van der Waals surface area contributed by atoms with Crippen LogP contribution in [0, 0.1) is 0 Å². The van der Waals surface area contributed by atoms with Gasteiger partial charge in [0.1, 0.15) is 6.54 Å². The Morgan fingerprint density at radius 2 is 2.25 bits per heavy atom. The fourth-order valence-corrected chi connectivity index (χ4v) is 1.38. The van der Waals surface area contributed by atoms with Crippen molar-refractivity contribution in [2.45, 2.75) is 19.8 Å². The summed E-state index contributed by atoms with van der Waals surface area (Å²) in [5.74, 6) is -1.13. The number of aryl methyl sites for hydroxylation is 1. The van der Waals surface area contributed by atoms with E-state index >= 15 is 0 Å². The highest BCUT2D eigenvalue weighted by Crippen LogP contribution is 2.05. The van der Waals surface area contributed by atoms with Crippen LogP contribution in [0.25, 0.3) is 0 Å². The molecule has 1 heterocycles. The molecule has 0 aliphatic rings. The second-order valence-corrected chi connectivity index (χ2v) is 3.43. The van der Waals surface area contributed by atoms with Gasteiger partial charge in [-0.1, -0.05) is 0 Å². The highest BCUT2D eigenvalue weighted by Gasteiger charge is 2.14. The van der Waals surface area contributed by atoms with E-state index < -0.39 is 5.97 Å². The molecule has 1 aromatic heterocycles. The largest absolute Gasteiger partial charge is 0.480 e. The summed E-state index contributed by atoms with van der Waals surface area (Å²) in [5.41, 5.74) is 0.944. The van der Waals surface area contributed by atoms with E-state index in [0.29, 0.717) is 19.4 Å². The lowest BCUT2D eigenvalue weighted by Crippen LogP contribution is -2.35. The van der Waals surface area contributed by atoms with Crippen molar-refractivity contribution in [3.05, 3.63) is 24.2 Å². The normalized spacial score (nSPS) is 10.1. The summed E-state index contributed by atoms with van der Waals surface area (Å²) < 4.78 is 4.88. The van der Waals surface area contributed by atoms with Crippen LogP contribution in [0.4, 0.5) is 0 Å². The van der Waals surface area contributed by atoms with E-state index in [1.807, 2.05) is 0 Å². The molecule has 0 aromatic carbocycles. The third-order valence-electron chi connectivity index (χ3n) is 2.27. The van der Waals surface area contributed by atoms with Crippen LogP contribution in [0.5, 0.6) is 0 Å². The molecule has 0 atom stereocenters. The second-order valence-electron chi connectivity index (χ2n) is 3.43. The van der Waals surface area contributed by atoms with Gasteiger partial charge < -0.3 is 14.4 Å². The first-order chi connectivity index (χ1) is 7.63. The van der Waals surface area contributed by atoms with E-state index in [1.165, 1.54) is 4.90 Å². The molecule has 0 bridgehead atoms. The molecule has 1 aromatic rings. The standard InChI is InChI=1S/C11H15NO4/c1-2-12(7-11(14)15)10(13)4-3-9-5-6-16-8-9/h5-6,8H,2-4,7H2,1H3,(H,14,15). The van der Waals surface area contributed by atoms with Crippen LogP contribution in [0.1, 0.15) is 18.9 Å². The number of carbonyl (C=O) groups excluding carboxylic acids is 1. The summed E-state index contributed by atoms with van der Waals surface area (Å²) in [4.78, 5) is 23.5. The van der Waals surface area contributed by atoms with E-state index in [1.54, 1.807) is 25.5 Å². The Balaban J connectivity index is 2.40. The summed E-state index contributed by atoms with van der Waals surface area (Å²) in [5, 5.41) is 8.61. The van der Waals surface area contributed by atoms with Crippen LogP contribution in [-0.2, 0) is 16.0 Å². The smallest absolute Gasteiger partial charge is 0.323 e. The van der Waals surface area contributed by atoms with Gasteiger partial charge >= 0.3 is 5.97 Å². The van der Waals surface area contributed by atoms with Crippen molar-refractivity contribution >= 4 is 11.9 Å². The maximum absolute atomic E-state index is 11.6. The first-order valence-electron chi connectivity index (χ1n) is 5.14. The molecule has 1 N–H and O–H groups in total. The summed E-state index contributed by atoms with van der Waals surface area (Å²) in [7, 11) is 0. The zero-order valence-corrected chi connectivity index (χ0v) is 9.18. The minimum absolute atomic E-state index is 0.147. The monoisotopic (exact) mass is 225 g/mol. The number of carbonyl (C=O) groups is 2. The molecule has 0 aliphatic heterocycles. The molecular weight excluding hydrogens is 210 g/mol. The molecule has 88 valence electrons. The Bertz CT molecular complexity index is 345. The molecule has 0 unspecified atom stereocenters. The van der Waals surface area contributed by atoms with Crippen molar-refractivity contribution in [2.75, 3.05) is 13.1 Å². The molecule has 0 radical (unpaired) electrons. The SMILES string of the molecule is CCN(CC(=O)O)C(=O)CCc1ccoc1. The van der Waals surface area contributed by atoms with Crippen LogP contribution < -0.4 is 0 Å². The minimum Gasteiger partial charge on any atom is -0.480 e. The van der Waals surface area contributed by atoms with Gasteiger partial charge in [0.15, 0.2) is 0 Å². The molecule has 5 nitrogen and oxygen atoms in total. The number of carboxylic acid groups (broad SMARTS) is 1. The highest BCUT2D eigenvalue weighted by molar-refractivity contribution is 5.81. The lowest BCUT2D eigenvalue weighted by atomic mass is 10.2. The molecule has 1 amide bonds. The molecule has 16 heavy (non-hydrogen) atoms. The Morgan fingerprint density at radius 1 is 1.50 bits per heavy atom. The number of carboxylic acids is 1. The quantitative estimate of drug-likeness (QED) is 0.788. The third-order valence-corrected chi connectivity index (χ3v) is 2.27. The van der Waals surface area contributed by atoms with Crippen molar-refractivity contribution in [1.82, 2.24) is 4.90 Å². The van der Waals surface area contributed by atoms with Crippen LogP contribution in [0.2, 0.25) is 0 Å². The summed E-state index contributed by atoms with van der Waals surface area (Å²) in [6, 6.07) is 1.79. The number of hydrogen-bond acceptors (Lipinski definition) is 3. The topological polar surface area (TPSA) is 70.8 Å². The Morgan fingerprint density at radius 3 is 2.75 bits per heavy atom. The molecule has 0 saturated carbocycles. The number of furan rings is 1. The number of amides is 1. The van der Waals surface area contributed by atoms with Crippen LogP contribution in [-0.4, -0.2) is 35.0 Å². The van der Waals surface area contributed by atoms with Crippen LogP contribution in [0.15, 0.2) is 23.0 Å². The lowest BCUT2D eigenvalue weighted by molar-refractivity contribution is -0.144. The van der Waals surface area contributed by atoms with Crippen molar-refractivity contribution in [3.63, 3.8) is 0 Å². The number of hydrogen-bond donors (Lipinski definition) is 1. The maximum atomic E-state index is 11.6. The van der Waals surface area contributed by atoms with Crippen LogP contribution >= 0.6 is 0 Å². The first kappa shape index (κ1) is 12.3. The Hall–Kier alpha value is -1.78. The third kappa shape index (κ3) is 3.76. The van der Waals surface area contributed by atoms with Gasteiger partial charge in [-0.15, -0.1) is 0 Å². The van der Waals surface area contributed by atoms with Crippen molar-refractivity contribution in [1.29, 1.82) is 0 Å². The number of aliphatic carboxylic acids is 1. The number of nitrogens with zero attached hydrogens (tertiary/aromatic N) is 1. The van der Waals surface area contributed by atoms with Gasteiger partial charge in [-0.05, 0) is 25.0 Å². The predicted molar refractivity (Wildman–Crippen MR) is 56.9 cm³/mol. The summed E-state index contributed by atoms with van der Waals surface area (Å²) in [6.07, 6.45) is 4.02. The average Bonchev–Trinajstić information content (AvgIpc) is 2.75. The van der Waals surface area contributed by atoms with Gasteiger partial charge in [0.25, 0.3) is 0 Å². The molecule has 0 fully saturated rings. The zero-order valence-electron chi connectivity index (χ0n) is 9.18. The van der Waals surface area contributed by atoms with Gasteiger partial charge in [-0.2, -0.15) is 0 Å². The molecule has 5 heteroatoms. The van der Waals surface area contributed by atoms with Crippen molar-refractivity contribution < 1.29 is 19.1 Å². The molecule has 0 spiro atoms. The fourth-order valence-electron chi connectivity index (χ4n) is 1.38. The molecule has 0 aliphatic carbocycles. The molecule has 0 saturated heterocycles. The number of rotatable bonds is 6. The van der Waals surface area contributed by atoms with Gasteiger partial charge in [-0.3, -0.25) is 9.59 Å². The van der Waals surface area contributed by atoms with E-state index in [-0.39, 0.29) is 12.5 Å².